The van der Waals surface area contributed by atoms with E-state index in [2.05, 4.69) is 41.2 Å². The van der Waals surface area contributed by atoms with E-state index in [-0.39, 0.29) is 0 Å². The molecule has 0 spiro atoms. The number of aromatic nitrogens is 2. The monoisotopic (exact) mass is 267 g/mol. The smallest absolute Gasteiger partial charge is 0.0762 e. The van der Waals surface area contributed by atoms with Crippen LogP contribution in [-0.4, -0.2) is 28.0 Å². The molecule has 0 aliphatic carbocycles. The van der Waals surface area contributed by atoms with Crippen molar-refractivity contribution >= 4 is 0 Å². The molecule has 4 heteroatoms. The lowest BCUT2D eigenvalue weighted by Crippen LogP contribution is -2.16. The number of hydrogen-bond donors (Lipinski definition) is 2. The summed E-state index contributed by atoms with van der Waals surface area (Å²) in [7, 11) is 0. The lowest BCUT2D eigenvalue weighted by Gasteiger charge is -2.12. The van der Waals surface area contributed by atoms with Crippen LogP contribution in [0.5, 0.6) is 0 Å². The Morgan fingerprint density at radius 3 is 2.63 bits per heavy atom. The Balaban J connectivity index is 2.16. The van der Waals surface area contributed by atoms with Gasteiger partial charge in [0.2, 0.25) is 0 Å². The van der Waals surface area contributed by atoms with E-state index in [1.807, 2.05) is 0 Å². The second-order valence-electron chi connectivity index (χ2n) is 5.07. The molecule has 0 aliphatic heterocycles. The average Bonchev–Trinajstić information content (AvgIpc) is 2.88. The highest BCUT2D eigenvalue weighted by Crippen LogP contribution is 2.14. The quantitative estimate of drug-likeness (QED) is 0.606. The van der Waals surface area contributed by atoms with Crippen LogP contribution in [-0.2, 0) is 6.54 Å². The van der Waals surface area contributed by atoms with Crippen molar-refractivity contribution in [3.8, 4) is 0 Å². The fraction of sp³-hybridized carbons (Fsp3) is 0.800. The molecule has 0 radical (unpaired) electrons. The summed E-state index contributed by atoms with van der Waals surface area (Å²) in [5.74, 6) is 0. The van der Waals surface area contributed by atoms with Gasteiger partial charge in [-0.05, 0) is 38.3 Å². The Morgan fingerprint density at radius 1 is 1.21 bits per heavy atom. The third-order valence-corrected chi connectivity index (χ3v) is 3.55. The van der Waals surface area contributed by atoms with Crippen LogP contribution < -0.4 is 5.32 Å². The third-order valence-electron chi connectivity index (χ3n) is 3.55. The molecule has 0 saturated heterocycles. The molecule has 0 fully saturated rings. The molecule has 0 bridgehead atoms. The summed E-state index contributed by atoms with van der Waals surface area (Å²) in [4.78, 5) is 0. The van der Waals surface area contributed by atoms with Crippen LogP contribution >= 0.6 is 0 Å². The molecule has 0 atom stereocenters. The summed E-state index contributed by atoms with van der Waals surface area (Å²) in [6, 6.07) is 2.64. The van der Waals surface area contributed by atoms with Crippen molar-refractivity contribution in [2.75, 3.05) is 13.2 Å². The molecule has 0 aromatic carbocycles. The van der Waals surface area contributed by atoms with Gasteiger partial charge < -0.3 is 10.4 Å². The Hall–Kier alpha value is -0.870. The second kappa shape index (κ2) is 9.98. The molecule has 0 amide bonds. The van der Waals surface area contributed by atoms with Crippen LogP contribution in [0.25, 0.3) is 0 Å². The predicted molar refractivity (Wildman–Crippen MR) is 79.1 cm³/mol. The minimum absolute atomic E-state index is 0.320. The maximum atomic E-state index is 8.68. The zero-order chi connectivity index (χ0) is 13.9. The number of nitrogens with zero attached hydrogens (tertiary/aromatic N) is 2. The van der Waals surface area contributed by atoms with Crippen LogP contribution in [0.4, 0.5) is 0 Å². The first-order valence-electron chi connectivity index (χ1n) is 7.67. The molecular formula is C15H29N3O. The number of rotatable bonds is 11. The molecule has 4 nitrogen and oxygen atoms in total. The van der Waals surface area contributed by atoms with Crippen molar-refractivity contribution in [3.05, 3.63) is 18.0 Å². The first-order chi connectivity index (χ1) is 9.31. The van der Waals surface area contributed by atoms with Gasteiger partial charge in [-0.15, -0.1) is 0 Å². The number of nitrogens with one attached hydrogen (secondary N) is 1. The Kier molecular flexibility index (Phi) is 8.50. The first kappa shape index (κ1) is 16.2. The molecule has 0 saturated carbocycles. The Bertz CT molecular complexity index is 321. The standard InChI is InChI=1S/C15H29N3O/c1-3-15(4-2)18-11-9-14(17-18)13-16-10-7-5-6-8-12-19/h9,11,15-16,19H,3-8,10,12-13H2,1-2H3. The summed E-state index contributed by atoms with van der Waals surface area (Å²) in [5, 5.41) is 16.7. The average molecular weight is 267 g/mol. The molecule has 19 heavy (non-hydrogen) atoms. The zero-order valence-corrected chi connectivity index (χ0v) is 12.4. The minimum Gasteiger partial charge on any atom is -0.396 e. The Morgan fingerprint density at radius 2 is 1.95 bits per heavy atom. The van der Waals surface area contributed by atoms with Crippen molar-refractivity contribution in [1.82, 2.24) is 15.1 Å². The zero-order valence-electron chi connectivity index (χ0n) is 12.4. The summed E-state index contributed by atoms with van der Waals surface area (Å²) in [6.07, 6.45) is 8.78. The number of hydrogen-bond acceptors (Lipinski definition) is 3. The summed E-state index contributed by atoms with van der Waals surface area (Å²) >= 11 is 0. The Labute approximate surface area is 117 Å². The van der Waals surface area contributed by atoms with Crippen LogP contribution in [0.1, 0.15) is 64.1 Å². The molecule has 1 aromatic rings. The molecule has 1 rings (SSSR count). The van der Waals surface area contributed by atoms with Gasteiger partial charge in [0.1, 0.15) is 0 Å². The van der Waals surface area contributed by atoms with E-state index < -0.39 is 0 Å². The number of aliphatic hydroxyl groups excluding tert-OH is 1. The number of aliphatic hydroxyl groups is 1. The van der Waals surface area contributed by atoms with E-state index in [4.69, 9.17) is 5.11 Å². The second-order valence-corrected chi connectivity index (χ2v) is 5.07. The van der Waals surface area contributed by atoms with Gasteiger partial charge in [0.25, 0.3) is 0 Å². The summed E-state index contributed by atoms with van der Waals surface area (Å²) in [6.45, 7) is 6.62. The van der Waals surface area contributed by atoms with Gasteiger partial charge in [-0.25, -0.2) is 0 Å². The molecule has 2 N–H and O–H groups in total. The topological polar surface area (TPSA) is 50.1 Å². The lowest BCUT2D eigenvalue weighted by atomic mass is 10.2. The van der Waals surface area contributed by atoms with Gasteiger partial charge in [-0.2, -0.15) is 5.10 Å². The van der Waals surface area contributed by atoms with Gasteiger partial charge in [-0.3, -0.25) is 4.68 Å². The van der Waals surface area contributed by atoms with Crippen molar-refractivity contribution in [3.63, 3.8) is 0 Å². The highest BCUT2D eigenvalue weighted by Gasteiger charge is 2.07. The van der Waals surface area contributed by atoms with Crippen LogP contribution in [0.2, 0.25) is 0 Å². The van der Waals surface area contributed by atoms with E-state index in [1.54, 1.807) is 0 Å². The maximum Gasteiger partial charge on any atom is 0.0762 e. The lowest BCUT2D eigenvalue weighted by molar-refractivity contribution is 0.282. The van der Waals surface area contributed by atoms with Crippen LogP contribution in [0.3, 0.4) is 0 Å². The highest BCUT2D eigenvalue weighted by atomic mass is 16.2. The summed E-state index contributed by atoms with van der Waals surface area (Å²) < 4.78 is 2.10. The van der Waals surface area contributed by atoms with Crippen molar-refractivity contribution in [2.45, 2.75) is 65.0 Å². The third kappa shape index (κ3) is 6.21. The molecule has 0 unspecified atom stereocenters. The molecule has 110 valence electrons. The fourth-order valence-corrected chi connectivity index (χ4v) is 2.27. The van der Waals surface area contributed by atoms with Crippen molar-refractivity contribution in [2.24, 2.45) is 0 Å². The van der Waals surface area contributed by atoms with Crippen LogP contribution in [0, 0.1) is 0 Å². The summed E-state index contributed by atoms with van der Waals surface area (Å²) in [5.41, 5.74) is 1.13. The maximum absolute atomic E-state index is 8.68. The van der Waals surface area contributed by atoms with E-state index in [9.17, 15) is 0 Å². The first-order valence-corrected chi connectivity index (χ1v) is 7.67. The fourth-order valence-electron chi connectivity index (χ4n) is 2.27. The molecule has 1 heterocycles. The predicted octanol–water partition coefficient (Wildman–Crippen LogP) is 2.89. The largest absolute Gasteiger partial charge is 0.396 e. The number of unbranched alkanes of at least 4 members (excludes halogenated alkanes) is 3. The normalized spacial score (nSPS) is 11.4. The van der Waals surface area contributed by atoms with E-state index in [1.165, 1.54) is 12.8 Å². The SMILES string of the molecule is CCC(CC)n1ccc(CNCCCCCCO)n1. The van der Waals surface area contributed by atoms with Gasteiger partial charge >= 0.3 is 0 Å². The molecular weight excluding hydrogens is 238 g/mol. The van der Waals surface area contributed by atoms with Gasteiger partial charge in [-0.1, -0.05) is 26.7 Å². The minimum atomic E-state index is 0.320. The highest BCUT2D eigenvalue weighted by molar-refractivity contribution is 4.99. The van der Waals surface area contributed by atoms with Gasteiger partial charge in [0.15, 0.2) is 0 Å². The van der Waals surface area contributed by atoms with E-state index in [0.29, 0.717) is 12.6 Å². The van der Waals surface area contributed by atoms with Crippen molar-refractivity contribution < 1.29 is 5.11 Å². The van der Waals surface area contributed by atoms with Crippen molar-refractivity contribution in [1.29, 1.82) is 0 Å². The van der Waals surface area contributed by atoms with E-state index in [0.717, 1.165) is 44.5 Å². The molecule has 0 aliphatic rings. The molecule has 1 aromatic heterocycles. The van der Waals surface area contributed by atoms with E-state index >= 15 is 0 Å². The van der Waals surface area contributed by atoms with Gasteiger partial charge in [0.05, 0.1) is 11.7 Å². The van der Waals surface area contributed by atoms with Crippen LogP contribution in [0.15, 0.2) is 12.3 Å². The van der Waals surface area contributed by atoms with Gasteiger partial charge in [0, 0.05) is 19.3 Å².